The monoisotopic (exact) mass is 344 g/mol. The van der Waals surface area contributed by atoms with Crippen molar-refractivity contribution in [3.05, 3.63) is 54.2 Å². The number of nitrogens with one attached hydrogen (secondary N) is 1. The molecule has 0 aliphatic carbocycles. The zero-order valence-electron chi connectivity index (χ0n) is 13.4. The highest BCUT2D eigenvalue weighted by atomic mass is 19.1. The van der Waals surface area contributed by atoms with Crippen LogP contribution < -0.4 is 5.32 Å². The van der Waals surface area contributed by atoms with Crippen LogP contribution in [0.1, 0.15) is 23.4 Å². The second-order valence-electron chi connectivity index (χ2n) is 6.47. The van der Waals surface area contributed by atoms with Gasteiger partial charge in [0.2, 0.25) is 0 Å². The van der Waals surface area contributed by atoms with Crippen LogP contribution in [-0.4, -0.2) is 41.5 Å². The van der Waals surface area contributed by atoms with Crippen molar-refractivity contribution in [2.24, 2.45) is 0 Å². The molecule has 1 aromatic heterocycles. The SMILES string of the molecule is O=C(Nc1cccc(F)c1)C1CCC2(CN(C(=O)c3ccco3)C2)O1. The molecule has 2 amide bonds. The molecule has 130 valence electrons. The number of benzene rings is 1. The summed E-state index contributed by atoms with van der Waals surface area (Å²) in [6, 6.07) is 9.02. The lowest BCUT2D eigenvalue weighted by atomic mass is 9.90. The number of halogens is 1. The molecule has 1 spiro atoms. The first-order valence-corrected chi connectivity index (χ1v) is 8.12. The number of hydrogen-bond donors (Lipinski definition) is 1. The molecule has 6 nitrogen and oxygen atoms in total. The second-order valence-corrected chi connectivity index (χ2v) is 6.47. The minimum Gasteiger partial charge on any atom is -0.459 e. The van der Waals surface area contributed by atoms with Gasteiger partial charge in [0.1, 0.15) is 17.5 Å². The van der Waals surface area contributed by atoms with E-state index in [0.29, 0.717) is 37.4 Å². The predicted octanol–water partition coefficient (Wildman–Crippen LogP) is 2.43. The van der Waals surface area contributed by atoms with Gasteiger partial charge in [0.05, 0.1) is 19.4 Å². The summed E-state index contributed by atoms with van der Waals surface area (Å²) >= 11 is 0. The number of amides is 2. The van der Waals surface area contributed by atoms with E-state index < -0.39 is 17.5 Å². The van der Waals surface area contributed by atoms with Gasteiger partial charge >= 0.3 is 0 Å². The van der Waals surface area contributed by atoms with E-state index in [0.717, 1.165) is 0 Å². The highest BCUT2D eigenvalue weighted by Crippen LogP contribution is 2.39. The molecular formula is C18H17FN2O4. The molecule has 7 heteroatoms. The first kappa shape index (κ1) is 15.8. The topological polar surface area (TPSA) is 71.8 Å². The largest absolute Gasteiger partial charge is 0.459 e. The van der Waals surface area contributed by atoms with E-state index in [4.69, 9.17) is 9.15 Å². The Balaban J connectivity index is 1.33. The van der Waals surface area contributed by atoms with Gasteiger partial charge in [-0.1, -0.05) is 6.07 Å². The van der Waals surface area contributed by atoms with Crippen LogP contribution in [0, 0.1) is 5.82 Å². The predicted molar refractivity (Wildman–Crippen MR) is 86.5 cm³/mol. The van der Waals surface area contributed by atoms with E-state index in [1.807, 2.05) is 0 Å². The number of carbonyl (C=O) groups excluding carboxylic acids is 2. The summed E-state index contributed by atoms with van der Waals surface area (Å²) < 4.78 is 24.2. The molecule has 2 fully saturated rings. The zero-order chi connectivity index (χ0) is 17.4. The van der Waals surface area contributed by atoms with Crippen LogP contribution in [0.5, 0.6) is 0 Å². The molecule has 2 saturated heterocycles. The van der Waals surface area contributed by atoms with Gasteiger partial charge in [-0.15, -0.1) is 0 Å². The fourth-order valence-electron chi connectivity index (χ4n) is 3.37. The number of hydrogen-bond acceptors (Lipinski definition) is 4. The minimum absolute atomic E-state index is 0.174. The first-order valence-electron chi connectivity index (χ1n) is 8.12. The average molecular weight is 344 g/mol. The molecule has 0 bridgehead atoms. The lowest BCUT2D eigenvalue weighted by Gasteiger charge is -2.46. The fraction of sp³-hybridized carbons (Fsp3) is 0.333. The van der Waals surface area contributed by atoms with Crippen molar-refractivity contribution in [1.82, 2.24) is 4.90 Å². The number of likely N-dealkylation sites (tertiary alicyclic amines) is 1. The molecule has 2 aromatic rings. The van der Waals surface area contributed by atoms with E-state index in [2.05, 4.69) is 5.32 Å². The minimum atomic E-state index is -0.593. The maximum Gasteiger partial charge on any atom is 0.289 e. The van der Waals surface area contributed by atoms with Crippen LogP contribution >= 0.6 is 0 Å². The Morgan fingerprint density at radius 3 is 2.80 bits per heavy atom. The lowest BCUT2D eigenvalue weighted by Crippen LogP contribution is -2.63. The molecule has 4 rings (SSSR count). The molecular weight excluding hydrogens is 327 g/mol. The summed E-state index contributed by atoms with van der Waals surface area (Å²) in [5.41, 5.74) is -0.0653. The molecule has 1 N–H and O–H groups in total. The van der Waals surface area contributed by atoms with Crippen LogP contribution in [0.25, 0.3) is 0 Å². The van der Waals surface area contributed by atoms with E-state index in [1.54, 1.807) is 23.1 Å². The van der Waals surface area contributed by atoms with Crippen molar-refractivity contribution >= 4 is 17.5 Å². The van der Waals surface area contributed by atoms with Gasteiger partial charge in [-0.2, -0.15) is 0 Å². The molecule has 1 unspecified atom stereocenters. The molecule has 0 saturated carbocycles. The van der Waals surface area contributed by atoms with Crippen molar-refractivity contribution < 1.29 is 23.1 Å². The molecule has 2 aliphatic heterocycles. The quantitative estimate of drug-likeness (QED) is 0.928. The van der Waals surface area contributed by atoms with E-state index >= 15 is 0 Å². The number of furan rings is 1. The van der Waals surface area contributed by atoms with Crippen LogP contribution in [0.3, 0.4) is 0 Å². The Hall–Kier alpha value is -2.67. The Morgan fingerprint density at radius 1 is 1.24 bits per heavy atom. The summed E-state index contributed by atoms with van der Waals surface area (Å²) in [7, 11) is 0. The summed E-state index contributed by atoms with van der Waals surface area (Å²) in [4.78, 5) is 26.1. The highest BCUT2D eigenvalue weighted by Gasteiger charge is 2.52. The van der Waals surface area contributed by atoms with Crippen molar-refractivity contribution in [2.45, 2.75) is 24.5 Å². The smallest absolute Gasteiger partial charge is 0.289 e. The maximum absolute atomic E-state index is 13.2. The second kappa shape index (κ2) is 6.00. The van der Waals surface area contributed by atoms with E-state index in [9.17, 15) is 14.0 Å². The molecule has 3 heterocycles. The Bertz CT molecular complexity index is 799. The van der Waals surface area contributed by atoms with Crippen LogP contribution in [0.4, 0.5) is 10.1 Å². The Kier molecular flexibility index (Phi) is 3.80. The summed E-state index contributed by atoms with van der Waals surface area (Å²) in [5.74, 6) is -0.578. The molecule has 25 heavy (non-hydrogen) atoms. The number of ether oxygens (including phenoxy) is 1. The zero-order valence-corrected chi connectivity index (χ0v) is 13.4. The lowest BCUT2D eigenvalue weighted by molar-refractivity contribution is -0.146. The van der Waals surface area contributed by atoms with Crippen molar-refractivity contribution in [1.29, 1.82) is 0 Å². The Labute approximate surface area is 143 Å². The summed E-state index contributed by atoms with van der Waals surface area (Å²) in [6.45, 7) is 0.882. The molecule has 1 aromatic carbocycles. The van der Waals surface area contributed by atoms with Gasteiger partial charge in [-0.05, 0) is 43.2 Å². The van der Waals surface area contributed by atoms with Gasteiger partial charge in [-0.3, -0.25) is 9.59 Å². The van der Waals surface area contributed by atoms with Crippen molar-refractivity contribution in [3.8, 4) is 0 Å². The molecule has 0 radical (unpaired) electrons. The maximum atomic E-state index is 13.2. The number of rotatable bonds is 3. The third-order valence-corrected chi connectivity index (χ3v) is 4.62. The third-order valence-electron chi connectivity index (χ3n) is 4.62. The van der Waals surface area contributed by atoms with Gasteiger partial charge in [-0.25, -0.2) is 4.39 Å². The average Bonchev–Trinajstić information content (AvgIpc) is 3.23. The summed E-state index contributed by atoms with van der Waals surface area (Å²) in [6.07, 6.45) is 2.14. The van der Waals surface area contributed by atoms with Crippen molar-refractivity contribution in [2.75, 3.05) is 18.4 Å². The van der Waals surface area contributed by atoms with E-state index in [-0.39, 0.29) is 11.8 Å². The van der Waals surface area contributed by atoms with Crippen LogP contribution in [-0.2, 0) is 9.53 Å². The van der Waals surface area contributed by atoms with Crippen molar-refractivity contribution in [3.63, 3.8) is 0 Å². The van der Waals surface area contributed by atoms with Gasteiger partial charge in [0.15, 0.2) is 5.76 Å². The number of carbonyl (C=O) groups is 2. The fourth-order valence-corrected chi connectivity index (χ4v) is 3.37. The normalized spacial score (nSPS) is 21.2. The summed E-state index contributed by atoms with van der Waals surface area (Å²) in [5, 5.41) is 2.67. The molecule has 1 atom stereocenters. The number of nitrogens with zero attached hydrogens (tertiary/aromatic N) is 1. The van der Waals surface area contributed by atoms with Crippen LogP contribution in [0.15, 0.2) is 47.1 Å². The van der Waals surface area contributed by atoms with Gasteiger partial charge in [0.25, 0.3) is 11.8 Å². The third kappa shape index (κ3) is 3.02. The highest BCUT2D eigenvalue weighted by molar-refractivity contribution is 5.94. The standard InChI is InChI=1S/C18H17FN2O4/c19-12-3-1-4-13(9-12)20-16(22)14-6-7-18(25-14)10-21(11-18)17(23)15-5-2-8-24-15/h1-5,8-9,14H,6-7,10-11H2,(H,20,22). The Morgan fingerprint density at radius 2 is 2.08 bits per heavy atom. The first-order chi connectivity index (χ1) is 12.0. The number of anilines is 1. The van der Waals surface area contributed by atoms with Crippen LogP contribution in [0.2, 0.25) is 0 Å². The molecule has 2 aliphatic rings. The van der Waals surface area contributed by atoms with Gasteiger partial charge < -0.3 is 19.4 Å². The van der Waals surface area contributed by atoms with E-state index in [1.165, 1.54) is 24.5 Å². The van der Waals surface area contributed by atoms with Gasteiger partial charge in [0, 0.05) is 5.69 Å².